The maximum Gasteiger partial charge on any atom is 0.259 e. The number of nitrogens with one attached hydrogen (secondary N) is 1. The fourth-order valence-electron chi connectivity index (χ4n) is 2.84. The summed E-state index contributed by atoms with van der Waals surface area (Å²) in [4.78, 5) is 20.1. The molecule has 158 valence electrons. The van der Waals surface area contributed by atoms with Crippen molar-refractivity contribution in [2.45, 2.75) is 19.9 Å². The number of carbonyl (C=O) groups excluding carboxylic acids is 1. The summed E-state index contributed by atoms with van der Waals surface area (Å²) < 4.78 is 11.0. The predicted molar refractivity (Wildman–Crippen MR) is 122 cm³/mol. The molecular weight excluding hydrogens is 471 g/mol. The van der Waals surface area contributed by atoms with Gasteiger partial charge in [0.2, 0.25) is 0 Å². The van der Waals surface area contributed by atoms with Crippen LogP contribution in [-0.4, -0.2) is 75.7 Å². The molecular formula is C20H33IN4O3. The zero-order valence-corrected chi connectivity index (χ0v) is 19.6. The molecule has 28 heavy (non-hydrogen) atoms. The van der Waals surface area contributed by atoms with Crippen LogP contribution in [-0.2, 0) is 16.1 Å². The Kier molecular flexibility index (Phi) is 11.2. The zero-order chi connectivity index (χ0) is 19.6. The Bertz CT molecular complexity index is 634. The molecule has 1 aliphatic rings. The van der Waals surface area contributed by atoms with Crippen LogP contribution < -0.4 is 10.1 Å². The van der Waals surface area contributed by atoms with E-state index in [0.29, 0.717) is 18.2 Å². The van der Waals surface area contributed by atoms with Crippen LogP contribution in [0.4, 0.5) is 0 Å². The highest BCUT2D eigenvalue weighted by atomic mass is 127. The van der Waals surface area contributed by atoms with Crippen LogP contribution in [0.3, 0.4) is 0 Å². The van der Waals surface area contributed by atoms with E-state index in [2.05, 4.69) is 24.2 Å². The summed E-state index contributed by atoms with van der Waals surface area (Å²) >= 11 is 0. The molecule has 1 aromatic carbocycles. The minimum atomic E-state index is -0.0645. The van der Waals surface area contributed by atoms with Gasteiger partial charge in [0.15, 0.2) is 12.6 Å². The van der Waals surface area contributed by atoms with Crippen LogP contribution >= 0.6 is 24.0 Å². The van der Waals surface area contributed by atoms with Crippen molar-refractivity contribution in [3.8, 4) is 5.75 Å². The third-order valence-electron chi connectivity index (χ3n) is 4.42. The molecule has 1 unspecified atom stereocenters. The van der Waals surface area contributed by atoms with Gasteiger partial charge in [-0.1, -0.05) is 12.1 Å². The van der Waals surface area contributed by atoms with Crippen LogP contribution in [0.2, 0.25) is 0 Å². The lowest BCUT2D eigenvalue weighted by Gasteiger charge is -2.24. The predicted octanol–water partition coefficient (Wildman–Crippen LogP) is 2.21. The lowest BCUT2D eigenvalue weighted by atomic mass is 10.1. The molecule has 0 spiro atoms. The van der Waals surface area contributed by atoms with Crippen molar-refractivity contribution in [2.24, 2.45) is 10.9 Å². The van der Waals surface area contributed by atoms with Crippen LogP contribution in [0, 0.1) is 5.92 Å². The van der Waals surface area contributed by atoms with E-state index in [4.69, 9.17) is 14.5 Å². The highest BCUT2D eigenvalue weighted by molar-refractivity contribution is 14.0. The molecule has 0 aliphatic carbocycles. The Labute approximate surface area is 185 Å². The van der Waals surface area contributed by atoms with Gasteiger partial charge >= 0.3 is 0 Å². The number of benzene rings is 1. The van der Waals surface area contributed by atoms with E-state index in [1.165, 1.54) is 4.90 Å². The molecule has 0 radical (unpaired) electrons. The Morgan fingerprint density at radius 1 is 1.36 bits per heavy atom. The maximum absolute atomic E-state index is 11.7. The number of hydrogen-bond donors (Lipinski definition) is 1. The largest absolute Gasteiger partial charge is 0.484 e. The molecule has 1 aliphatic heterocycles. The average molecular weight is 504 g/mol. The normalized spacial score (nSPS) is 16.3. The summed E-state index contributed by atoms with van der Waals surface area (Å²) in [6, 6.07) is 7.72. The molecule has 8 heteroatoms. The van der Waals surface area contributed by atoms with Gasteiger partial charge in [-0.25, -0.2) is 4.99 Å². The highest BCUT2D eigenvalue weighted by Gasteiger charge is 2.19. The molecule has 1 aromatic rings. The summed E-state index contributed by atoms with van der Waals surface area (Å²) in [5.74, 6) is 2.06. The SMILES string of the molecule is CCNC(=NCc1cccc(OCC(=O)N(C)C)c1)N(C)CC1CCOC1.I. The van der Waals surface area contributed by atoms with Crippen LogP contribution in [0.15, 0.2) is 29.3 Å². The van der Waals surface area contributed by atoms with Crippen molar-refractivity contribution >= 4 is 35.8 Å². The Hall–Kier alpha value is -1.55. The van der Waals surface area contributed by atoms with Crippen LogP contribution in [0.5, 0.6) is 5.75 Å². The fraction of sp³-hybridized carbons (Fsp3) is 0.600. The smallest absolute Gasteiger partial charge is 0.259 e. The van der Waals surface area contributed by atoms with E-state index >= 15 is 0 Å². The molecule has 2 rings (SSSR count). The number of halogens is 1. The number of nitrogens with zero attached hydrogens (tertiary/aromatic N) is 3. The van der Waals surface area contributed by atoms with Crippen molar-refractivity contribution in [1.82, 2.24) is 15.1 Å². The second-order valence-electron chi connectivity index (χ2n) is 7.00. The van der Waals surface area contributed by atoms with Crippen molar-refractivity contribution < 1.29 is 14.3 Å². The van der Waals surface area contributed by atoms with E-state index < -0.39 is 0 Å². The summed E-state index contributed by atoms with van der Waals surface area (Å²) in [5.41, 5.74) is 1.04. The number of aliphatic imine (C=N–C) groups is 1. The van der Waals surface area contributed by atoms with Crippen LogP contribution in [0.1, 0.15) is 18.9 Å². The minimum Gasteiger partial charge on any atom is -0.484 e. The molecule has 7 nitrogen and oxygen atoms in total. The fourth-order valence-corrected chi connectivity index (χ4v) is 2.84. The standard InChI is InChI=1S/C20H32N4O3.HI/c1-5-21-20(24(4)13-17-9-10-26-14-17)22-12-16-7-6-8-18(11-16)27-15-19(25)23(2)3;/h6-8,11,17H,5,9-10,12-15H2,1-4H3,(H,21,22);1H. The van der Waals surface area contributed by atoms with Gasteiger partial charge in [-0.3, -0.25) is 4.79 Å². The van der Waals surface area contributed by atoms with E-state index in [1.54, 1.807) is 14.1 Å². The van der Waals surface area contributed by atoms with Gasteiger partial charge in [-0.05, 0) is 31.0 Å². The van der Waals surface area contributed by atoms with E-state index in [-0.39, 0.29) is 36.5 Å². The van der Waals surface area contributed by atoms with Crippen molar-refractivity contribution in [3.05, 3.63) is 29.8 Å². The number of guanidine groups is 1. The molecule has 1 saturated heterocycles. The summed E-state index contributed by atoms with van der Waals surface area (Å²) in [5, 5.41) is 3.35. The summed E-state index contributed by atoms with van der Waals surface area (Å²) in [6.45, 7) is 6.09. The minimum absolute atomic E-state index is 0. The second-order valence-corrected chi connectivity index (χ2v) is 7.00. The number of amides is 1. The molecule has 0 aromatic heterocycles. The van der Waals surface area contributed by atoms with Gasteiger partial charge in [-0.15, -0.1) is 24.0 Å². The Balaban J connectivity index is 0.00000392. The molecule has 1 heterocycles. The molecule has 1 fully saturated rings. The van der Waals surface area contributed by atoms with Gasteiger partial charge in [0.05, 0.1) is 13.2 Å². The quantitative estimate of drug-likeness (QED) is 0.334. The van der Waals surface area contributed by atoms with Gasteiger partial charge < -0.3 is 24.6 Å². The third kappa shape index (κ3) is 8.22. The Morgan fingerprint density at radius 3 is 2.79 bits per heavy atom. The first kappa shape index (κ1) is 24.5. The van der Waals surface area contributed by atoms with Gasteiger partial charge in [-0.2, -0.15) is 0 Å². The number of likely N-dealkylation sites (N-methyl/N-ethyl adjacent to an activating group) is 1. The van der Waals surface area contributed by atoms with Crippen molar-refractivity contribution in [3.63, 3.8) is 0 Å². The first-order chi connectivity index (χ1) is 13.0. The third-order valence-corrected chi connectivity index (χ3v) is 4.42. The van der Waals surface area contributed by atoms with E-state index in [0.717, 1.165) is 44.2 Å². The van der Waals surface area contributed by atoms with Crippen LogP contribution in [0.25, 0.3) is 0 Å². The molecule has 0 bridgehead atoms. The molecule has 1 N–H and O–H groups in total. The number of ether oxygens (including phenoxy) is 2. The number of carbonyl (C=O) groups is 1. The Morgan fingerprint density at radius 2 is 2.14 bits per heavy atom. The average Bonchev–Trinajstić information content (AvgIpc) is 3.16. The van der Waals surface area contributed by atoms with Gasteiger partial charge in [0, 0.05) is 46.8 Å². The summed E-state index contributed by atoms with van der Waals surface area (Å²) in [6.07, 6.45) is 1.11. The van der Waals surface area contributed by atoms with E-state index in [9.17, 15) is 4.79 Å². The lowest BCUT2D eigenvalue weighted by Crippen LogP contribution is -2.41. The summed E-state index contributed by atoms with van der Waals surface area (Å²) in [7, 11) is 5.49. The van der Waals surface area contributed by atoms with E-state index in [1.807, 2.05) is 24.3 Å². The molecule has 1 atom stereocenters. The maximum atomic E-state index is 11.7. The first-order valence-corrected chi connectivity index (χ1v) is 9.48. The van der Waals surface area contributed by atoms with Gasteiger partial charge in [0.25, 0.3) is 5.91 Å². The number of rotatable bonds is 8. The van der Waals surface area contributed by atoms with Crippen molar-refractivity contribution in [2.75, 3.05) is 54.1 Å². The topological polar surface area (TPSA) is 66.4 Å². The van der Waals surface area contributed by atoms with Crippen molar-refractivity contribution in [1.29, 1.82) is 0 Å². The highest BCUT2D eigenvalue weighted by Crippen LogP contribution is 2.15. The second kappa shape index (κ2) is 12.8. The monoisotopic (exact) mass is 504 g/mol. The lowest BCUT2D eigenvalue weighted by molar-refractivity contribution is -0.130. The molecule has 1 amide bonds. The molecule has 0 saturated carbocycles. The first-order valence-electron chi connectivity index (χ1n) is 9.48. The number of hydrogen-bond acceptors (Lipinski definition) is 4. The zero-order valence-electron chi connectivity index (χ0n) is 17.3. The van der Waals surface area contributed by atoms with Gasteiger partial charge in [0.1, 0.15) is 5.75 Å².